The molecule has 0 spiro atoms. The average Bonchev–Trinajstić information content (AvgIpc) is 3.25. The fourth-order valence-corrected chi connectivity index (χ4v) is 5.86. The summed E-state index contributed by atoms with van der Waals surface area (Å²) in [5.74, 6) is -0.0290. The van der Waals surface area contributed by atoms with E-state index in [1.165, 1.54) is 12.1 Å². The predicted molar refractivity (Wildman–Crippen MR) is 119 cm³/mol. The van der Waals surface area contributed by atoms with Crippen molar-refractivity contribution in [2.75, 3.05) is 25.2 Å². The van der Waals surface area contributed by atoms with Gasteiger partial charge < -0.3 is 14.6 Å². The Hall–Kier alpha value is -2.85. The molecule has 32 heavy (non-hydrogen) atoms. The third-order valence-electron chi connectivity index (χ3n) is 5.58. The standard InChI is InChI=1S/C22H25FN4O4S/c1-13(11-31-3)24-22(28)21-20-19(10-18(26-21)15-4-6-16(23)7-5-15)27(14(2)25-20)17-8-9-32(29,30)12-17/h4-7,10,13,17H,8-9,11-12H2,1-3H3,(H,24,28). The number of carbonyl (C=O) groups excluding carboxylic acids is 1. The zero-order chi connectivity index (χ0) is 23.0. The van der Waals surface area contributed by atoms with E-state index in [1.54, 1.807) is 32.2 Å². The topological polar surface area (TPSA) is 103 Å². The zero-order valence-electron chi connectivity index (χ0n) is 18.1. The van der Waals surface area contributed by atoms with Crippen molar-refractivity contribution in [3.63, 3.8) is 0 Å². The maximum atomic E-state index is 13.5. The van der Waals surface area contributed by atoms with Crippen LogP contribution in [0.3, 0.4) is 0 Å². The number of amides is 1. The number of ether oxygens (including phenoxy) is 1. The molecular weight excluding hydrogens is 435 g/mol. The van der Waals surface area contributed by atoms with Crippen LogP contribution < -0.4 is 5.32 Å². The number of benzene rings is 1. The summed E-state index contributed by atoms with van der Waals surface area (Å²) >= 11 is 0. The molecule has 2 atom stereocenters. The number of pyridine rings is 1. The summed E-state index contributed by atoms with van der Waals surface area (Å²) in [6.45, 7) is 3.94. The number of nitrogens with zero attached hydrogens (tertiary/aromatic N) is 3. The van der Waals surface area contributed by atoms with Crippen molar-refractivity contribution in [2.45, 2.75) is 32.4 Å². The molecule has 0 saturated carbocycles. The minimum atomic E-state index is -3.12. The van der Waals surface area contributed by atoms with Crippen LogP contribution in [-0.2, 0) is 14.6 Å². The minimum absolute atomic E-state index is 0.0277. The predicted octanol–water partition coefficient (Wildman–Crippen LogP) is 2.67. The number of imidazole rings is 1. The van der Waals surface area contributed by atoms with Gasteiger partial charge in [-0.1, -0.05) is 0 Å². The summed E-state index contributed by atoms with van der Waals surface area (Å²) in [5.41, 5.74) is 2.27. The molecule has 1 aliphatic rings. The van der Waals surface area contributed by atoms with Crippen molar-refractivity contribution in [3.05, 3.63) is 47.7 Å². The second-order valence-electron chi connectivity index (χ2n) is 8.15. The smallest absolute Gasteiger partial charge is 0.272 e. The molecule has 0 aliphatic carbocycles. The van der Waals surface area contributed by atoms with Crippen LogP contribution in [0, 0.1) is 12.7 Å². The average molecular weight is 461 g/mol. The SMILES string of the molecule is COCC(C)NC(=O)c1nc(-c2ccc(F)cc2)cc2c1nc(C)n2C1CCS(=O)(=O)C1. The molecular formula is C22H25FN4O4S. The highest BCUT2D eigenvalue weighted by molar-refractivity contribution is 7.91. The number of aryl methyl sites for hydroxylation is 1. The number of methoxy groups -OCH3 is 1. The van der Waals surface area contributed by atoms with Crippen LogP contribution in [0.25, 0.3) is 22.3 Å². The lowest BCUT2D eigenvalue weighted by atomic mass is 10.1. The van der Waals surface area contributed by atoms with Crippen molar-refractivity contribution < 1.29 is 22.3 Å². The molecule has 8 nitrogen and oxygen atoms in total. The van der Waals surface area contributed by atoms with Crippen LogP contribution in [0.5, 0.6) is 0 Å². The van der Waals surface area contributed by atoms with Gasteiger partial charge in [0.05, 0.1) is 35.4 Å². The second-order valence-corrected chi connectivity index (χ2v) is 10.4. The zero-order valence-corrected chi connectivity index (χ0v) is 18.9. The molecule has 170 valence electrons. The van der Waals surface area contributed by atoms with E-state index in [1.807, 2.05) is 11.5 Å². The molecule has 3 aromatic rings. The molecule has 1 amide bonds. The highest BCUT2D eigenvalue weighted by Gasteiger charge is 2.32. The fraction of sp³-hybridized carbons (Fsp3) is 0.409. The molecule has 0 radical (unpaired) electrons. The largest absolute Gasteiger partial charge is 0.383 e. The second kappa shape index (κ2) is 8.59. The number of rotatable bonds is 6. The van der Waals surface area contributed by atoms with Crippen LogP contribution in [0.4, 0.5) is 4.39 Å². The lowest BCUT2D eigenvalue weighted by Crippen LogP contribution is -2.36. The Bertz CT molecular complexity index is 1270. The Morgan fingerprint density at radius 3 is 2.66 bits per heavy atom. The first-order valence-electron chi connectivity index (χ1n) is 10.3. The molecule has 1 saturated heterocycles. The van der Waals surface area contributed by atoms with Crippen LogP contribution in [0.15, 0.2) is 30.3 Å². The van der Waals surface area contributed by atoms with Gasteiger partial charge in [0.15, 0.2) is 15.5 Å². The van der Waals surface area contributed by atoms with Gasteiger partial charge in [-0.3, -0.25) is 4.79 Å². The van der Waals surface area contributed by atoms with Crippen molar-refractivity contribution in [2.24, 2.45) is 0 Å². The molecule has 0 bridgehead atoms. The molecule has 10 heteroatoms. The molecule has 1 aromatic carbocycles. The first-order valence-corrected chi connectivity index (χ1v) is 12.2. The maximum absolute atomic E-state index is 13.5. The number of sulfone groups is 1. The van der Waals surface area contributed by atoms with Gasteiger partial charge in [-0.2, -0.15) is 0 Å². The highest BCUT2D eigenvalue weighted by atomic mass is 32.2. The first-order chi connectivity index (χ1) is 15.2. The summed E-state index contributed by atoms with van der Waals surface area (Å²) in [6.07, 6.45) is 0.481. The van der Waals surface area contributed by atoms with E-state index in [4.69, 9.17) is 4.74 Å². The molecule has 1 aliphatic heterocycles. The van der Waals surface area contributed by atoms with Crippen LogP contribution in [-0.4, -0.2) is 60.1 Å². The monoisotopic (exact) mass is 460 g/mol. The Morgan fingerprint density at radius 2 is 2.03 bits per heavy atom. The Kier molecular flexibility index (Phi) is 6.00. The fourth-order valence-electron chi connectivity index (χ4n) is 4.16. The van der Waals surface area contributed by atoms with Gasteiger partial charge >= 0.3 is 0 Å². The number of aromatic nitrogens is 3. The summed E-state index contributed by atoms with van der Waals surface area (Å²) < 4.78 is 44.6. The number of hydrogen-bond donors (Lipinski definition) is 1. The van der Waals surface area contributed by atoms with Gasteiger partial charge in [-0.05, 0) is 50.6 Å². The Labute approximate surface area is 185 Å². The summed E-state index contributed by atoms with van der Waals surface area (Å²) in [4.78, 5) is 22.2. The van der Waals surface area contributed by atoms with Gasteiger partial charge in [0.25, 0.3) is 5.91 Å². The lowest BCUT2D eigenvalue weighted by molar-refractivity contribution is 0.0902. The van der Waals surface area contributed by atoms with E-state index in [0.717, 1.165) is 0 Å². The van der Waals surface area contributed by atoms with Crippen molar-refractivity contribution in [3.8, 4) is 11.3 Å². The van der Waals surface area contributed by atoms with Crippen molar-refractivity contribution >= 4 is 26.8 Å². The Balaban J connectivity index is 1.88. The van der Waals surface area contributed by atoms with Crippen LogP contribution >= 0.6 is 0 Å². The van der Waals surface area contributed by atoms with E-state index in [0.29, 0.717) is 41.1 Å². The van der Waals surface area contributed by atoms with E-state index in [2.05, 4.69) is 15.3 Å². The van der Waals surface area contributed by atoms with Crippen LogP contribution in [0.2, 0.25) is 0 Å². The van der Waals surface area contributed by atoms with Gasteiger partial charge in [-0.25, -0.2) is 22.8 Å². The summed E-state index contributed by atoms with van der Waals surface area (Å²) in [5, 5.41) is 2.86. The van der Waals surface area contributed by atoms with Crippen LogP contribution in [0.1, 0.15) is 35.7 Å². The van der Waals surface area contributed by atoms with E-state index >= 15 is 0 Å². The minimum Gasteiger partial charge on any atom is -0.383 e. The summed E-state index contributed by atoms with van der Waals surface area (Å²) in [6, 6.07) is 7.10. The summed E-state index contributed by atoms with van der Waals surface area (Å²) in [7, 11) is -1.57. The van der Waals surface area contributed by atoms with E-state index in [-0.39, 0.29) is 35.1 Å². The Morgan fingerprint density at radius 1 is 1.31 bits per heavy atom. The van der Waals surface area contributed by atoms with Gasteiger partial charge in [0.2, 0.25) is 0 Å². The maximum Gasteiger partial charge on any atom is 0.272 e. The number of fused-ring (bicyclic) bond motifs is 1. The highest BCUT2D eigenvalue weighted by Crippen LogP contribution is 2.32. The molecule has 1 fully saturated rings. The number of hydrogen-bond acceptors (Lipinski definition) is 6. The van der Waals surface area contributed by atoms with Gasteiger partial charge in [0, 0.05) is 18.7 Å². The third kappa shape index (κ3) is 4.37. The molecule has 2 unspecified atom stereocenters. The van der Waals surface area contributed by atoms with E-state index in [9.17, 15) is 17.6 Å². The normalized spacial score (nSPS) is 18.7. The van der Waals surface area contributed by atoms with Gasteiger partial charge in [-0.15, -0.1) is 0 Å². The first kappa shape index (κ1) is 22.3. The molecule has 1 N–H and O–H groups in total. The molecule has 4 rings (SSSR count). The lowest BCUT2D eigenvalue weighted by Gasteiger charge is -2.16. The van der Waals surface area contributed by atoms with Gasteiger partial charge in [0.1, 0.15) is 17.2 Å². The molecule has 2 aromatic heterocycles. The van der Waals surface area contributed by atoms with Crippen molar-refractivity contribution in [1.82, 2.24) is 19.9 Å². The number of nitrogens with one attached hydrogen (secondary N) is 1. The number of halogens is 1. The molecule has 3 heterocycles. The van der Waals surface area contributed by atoms with Crippen molar-refractivity contribution in [1.29, 1.82) is 0 Å². The third-order valence-corrected chi connectivity index (χ3v) is 7.33. The number of carbonyl (C=O) groups is 1. The van der Waals surface area contributed by atoms with E-state index < -0.39 is 15.7 Å². The quantitative estimate of drug-likeness (QED) is 0.607.